The molecule has 0 amide bonds. The molecule has 0 bridgehead atoms. The van der Waals surface area contributed by atoms with Crippen molar-refractivity contribution in [1.29, 1.82) is 0 Å². The third kappa shape index (κ3) is 2.77. The summed E-state index contributed by atoms with van der Waals surface area (Å²) in [5.74, 6) is 0.767. The van der Waals surface area contributed by atoms with Gasteiger partial charge in [0.05, 0.1) is 11.9 Å². The van der Waals surface area contributed by atoms with Gasteiger partial charge in [-0.2, -0.15) is 17.7 Å². The summed E-state index contributed by atoms with van der Waals surface area (Å²) >= 11 is 4.09. The molecule has 0 saturated heterocycles. The van der Waals surface area contributed by atoms with E-state index >= 15 is 0 Å². The summed E-state index contributed by atoms with van der Waals surface area (Å²) < 4.78 is 1.46. The highest BCUT2D eigenvalue weighted by Crippen LogP contribution is 2.03. The molecular formula is C9H15N3OS. The second kappa shape index (κ2) is 5.05. The third-order valence-electron chi connectivity index (χ3n) is 1.90. The predicted molar refractivity (Wildman–Crippen MR) is 61.3 cm³/mol. The highest BCUT2D eigenvalue weighted by molar-refractivity contribution is 7.80. The molecule has 0 N–H and O–H groups in total. The molecule has 1 heterocycles. The van der Waals surface area contributed by atoms with Crippen molar-refractivity contribution in [1.82, 2.24) is 9.78 Å². The molecular weight excluding hydrogens is 198 g/mol. The van der Waals surface area contributed by atoms with Gasteiger partial charge >= 0.3 is 0 Å². The fourth-order valence-corrected chi connectivity index (χ4v) is 1.20. The Labute approximate surface area is 89.0 Å². The van der Waals surface area contributed by atoms with Gasteiger partial charge in [0.1, 0.15) is 0 Å². The molecule has 0 aliphatic heterocycles. The fourth-order valence-electron chi connectivity index (χ4n) is 1.06. The first-order valence-corrected chi connectivity index (χ1v) is 5.13. The van der Waals surface area contributed by atoms with Crippen LogP contribution in [0.2, 0.25) is 0 Å². The molecule has 0 saturated carbocycles. The van der Waals surface area contributed by atoms with Gasteiger partial charge in [0.2, 0.25) is 0 Å². The van der Waals surface area contributed by atoms with E-state index in [1.807, 2.05) is 19.0 Å². The molecule has 0 aliphatic carbocycles. The number of hydrogen-bond donors (Lipinski definition) is 1. The number of aromatic nitrogens is 2. The van der Waals surface area contributed by atoms with E-state index in [1.165, 1.54) is 4.68 Å². The van der Waals surface area contributed by atoms with E-state index in [4.69, 9.17) is 0 Å². The Kier molecular flexibility index (Phi) is 4.00. The summed E-state index contributed by atoms with van der Waals surface area (Å²) in [6.07, 6.45) is 2.55. The smallest absolute Gasteiger partial charge is 0.268 e. The van der Waals surface area contributed by atoms with Crippen molar-refractivity contribution in [3.05, 3.63) is 22.6 Å². The van der Waals surface area contributed by atoms with E-state index in [2.05, 4.69) is 17.7 Å². The highest BCUT2D eigenvalue weighted by Gasteiger charge is 2.00. The summed E-state index contributed by atoms with van der Waals surface area (Å²) in [5, 5.41) is 4.07. The van der Waals surface area contributed by atoms with E-state index in [0.717, 1.165) is 17.9 Å². The molecule has 78 valence electrons. The van der Waals surface area contributed by atoms with Gasteiger partial charge in [0.15, 0.2) is 0 Å². The molecule has 4 nitrogen and oxygen atoms in total. The molecule has 0 aromatic carbocycles. The summed E-state index contributed by atoms with van der Waals surface area (Å²) in [4.78, 5) is 13.4. The van der Waals surface area contributed by atoms with Crippen molar-refractivity contribution >= 4 is 18.3 Å². The van der Waals surface area contributed by atoms with Crippen LogP contribution in [0.5, 0.6) is 0 Å². The van der Waals surface area contributed by atoms with Gasteiger partial charge in [-0.05, 0) is 12.2 Å². The first-order valence-electron chi connectivity index (χ1n) is 4.50. The predicted octanol–water partition coefficient (Wildman–Crippen LogP) is 0.629. The van der Waals surface area contributed by atoms with Crippen LogP contribution >= 0.6 is 12.6 Å². The monoisotopic (exact) mass is 213 g/mol. The van der Waals surface area contributed by atoms with E-state index in [-0.39, 0.29) is 5.56 Å². The third-order valence-corrected chi connectivity index (χ3v) is 2.22. The first kappa shape index (κ1) is 11.1. The summed E-state index contributed by atoms with van der Waals surface area (Å²) in [6.45, 7) is 0.635. The molecule has 1 aromatic rings. The van der Waals surface area contributed by atoms with Crippen LogP contribution in [0.3, 0.4) is 0 Å². The molecule has 14 heavy (non-hydrogen) atoms. The maximum atomic E-state index is 11.5. The molecule has 0 aliphatic rings. The average molecular weight is 213 g/mol. The Hall–Kier alpha value is -0.970. The van der Waals surface area contributed by atoms with Crippen LogP contribution in [0.4, 0.5) is 5.69 Å². The second-order valence-corrected chi connectivity index (χ2v) is 3.69. The quantitative estimate of drug-likeness (QED) is 0.746. The molecule has 0 atom stereocenters. The second-order valence-electron chi connectivity index (χ2n) is 3.25. The minimum Gasteiger partial charge on any atom is -0.376 e. The van der Waals surface area contributed by atoms with Crippen LogP contribution in [0.1, 0.15) is 6.42 Å². The summed E-state index contributed by atoms with van der Waals surface area (Å²) in [5.41, 5.74) is 0.773. The van der Waals surface area contributed by atoms with Gasteiger partial charge in [-0.3, -0.25) is 4.79 Å². The van der Waals surface area contributed by atoms with Crippen molar-refractivity contribution in [3.8, 4) is 0 Å². The minimum atomic E-state index is -0.0574. The first-order chi connectivity index (χ1) is 6.65. The Balaban J connectivity index is 2.85. The lowest BCUT2D eigenvalue weighted by Gasteiger charge is -2.11. The topological polar surface area (TPSA) is 38.1 Å². The maximum absolute atomic E-state index is 11.5. The normalized spacial score (nSPS) is 10.2. The number of hydrogen-bond acceptors (Lipinski definition) is 4. The van der Waals surface area contributed by atoms with Crippen LogP contribution < -0.4 is 10.5 Å². The number of thiol groups is 1. The molecule has 1 rings (SSSR count). The molecule has 0 spiro atoms. The average Bonchev–Trinajstić information content (AvgIpc) is 2.15. The maximum Gasteiger partial charge on any atom is 0.268 e. The fraction of sp³-hybridized carbons (Fsp3) is 0.556. The van der Waals surface area contributed by atoms with Gasteiger partial charge < -0.3 is 4.90 Å². The largest absolute Gasteiger partial charge is 0.376 e. The van der Waals surface area contributed by atoms with E-state index < -0.39 is 0 Å². The lowest BCUT2D eigenvalue weighted by molar-refractivity contribution is 0.571. The van der Waals surface area contributed by atoms with Gasteiger partial charge in [-0.25, -0.2) is 4.68 Å². The minimum absolute atomic E-state index is 0.0574. The number of aryl methyl sites for hydroxylation is 1. The number of anilines is 1. The summed E-state index contributed by atoms with van der Waals surface area (Å²) in [7, 11) is 3.77. The number of nitrogens with zero attached hydrogens (tertiary/aromatic N) is 3. The van der Waals surface area contributed by atoms with Crippen molar-refractivity contribution in [3.63, 3.8) is 0 Å². The molecule has 0 unspecified atom stereocenters. The van der Waals surface area contributed by atoms with Crippen LogP contribution in [0.25, 0.3) is 0 Å². The molecule has 1 aromatic heterocycles. The zero-order valence-corrected chi connectivity index (χ0v) is 9.37. The summed E-state index contributed by atoms with van der Waals surface area (Å²) in [6, 6.07) is 1.59. The Morgan fingerprint density at radius 2 is 2.29 bits per heavy atom. The molecule has 0 fully saturated rings. The van der Waals surface area contributed by atoms with Gasteiger partial charge in [0.25, 0.3) is 5.56 Å². The van der Waals surface area contributed by atoms with E-state index in [1.54, 1.807) is 12.3 Å². The van der Waals surface area contributed by atoms with Gasteiger partial charge in [0, 0.05) is 26.7 Å². The highest BCUT2D eigenvalue weighted by atomic mass is 32.1. The van der Waals surface area contributed by atoms with E-state index in [0.29, 0.717) is 6.54 Å². The van der Waals surface area contributed by atoms with Crippen molar-refractivity contribution < 1.29 is 0 Å². The van der Waals surface area contributed by atoms with Crippen molar-refractivity contribution in [2.24, 2.45) is 0 Å². The Morgan fingerprint density at radius 1 is 1.57 bits per heavy atom. The van der Waals surface area contributed by atoms with E-state index in [9.17, 15) is 4.79 Å². The van der Waals surface area contributed by atoms with Crippen molar-refractivity contribution in [2.75, 3.05) is 24.7 Å². The standard InChI is InChI=1S/C9H15N3OS/c1-11(2)8-6-9(13)12(10-7-8)4-3-5-14/h6-7,14H,3-5H2,1-2H3. The van der Waals surface area contributed by atoms with Crippen LogP contribution in [0.15, 0.2) is 17.1 Å². The molecule has 5 heteroatoms. The van der Waals surface area contributed by atoms with Gasteiger partial charge in [-0.1, -0.05) is 0 Å². The zero-order valence-electron chi connectivity index (χ0n) is 8.47. The van der Waals surface area contributed by atoms with Crippen LogP contribution in [0, 0.1) is 0 Å². The lowest BCUT2D eigenvalue weighted by atomic mass is 10.4. The van der Waals surface area contributed by atoms with Crippen molar-refractivity contribution in [2.45, 2.75) is 13.0 Å². The van der Waals surface area contributed by atoms with Gasteiger partial charge in [-0.15, -0.1) is 0 Å². The lowest BCUT2D eigenvalue weighted by Crippen LogP contribution is -2.24. The zero-order chi connectivity index (χ0) is 10.6. The SMILES string of the molecule is CN(C)c1cnn(CCCS)c(=O)c1. The van der Waals surface area contributed by atoms with Crippen LogP contribution in [-0.4, -0.2) is 29.6 Å². The Morgan fingerprint density at radius 3 is 2.79 bits per heavy atom. The molecule has 0 radical (unpaired) electrons. The number of rotatable bonds is 4. The Bertz CT molecular complexity index is 348. The van der Waals surface area contributed by atoms with Crippen LogP contribution in [-0.2, 0) is 6.54 Å².